The van der Waals surface area contributed by atoms with Crippen LogP contribution in [0.5, 0.6) is 5.88 Å². The lowest BCUT2D eigenvalue weighted by Crippen LogP contribution is -1.95. The van der Waals surface area contributed by atoms with E-state index in [0.717, 1.165) is 29.0 Å². The zero-order valence-corrected chi connectivity index (χ0v) is 10.8. The molecule has 0 amide bonds. The van der Waals surface area contributed by atoms with E-state index >= 15 is 0 Å². The number of nitrogens with zero attached hydrogens (tertiary/aromatic N) is 2. The van der Waals surface area contributed by atoms with Crippen LogP contribution < -0.4 is 4.74 Å². The summed E-state index contributed by atoms with van der Waals surface area (Å²) in [5, 5.41) is 9.66. The Morgan fingerprint density at radius 1 is 1.56 bits per heavy atom. The first kappa shape index (κ1) is 12.5. The van der Waals surface area contributed by atoms with Gasteiger partial charge in [0, 0.05) is 17.5 Å². The van der Waals surface area contributed by atoms with Gasteiger partial charge >= 0.3 is 5.97 Å². The van der Waals surface area contributed by atoms with Gasteiger partial charge < -0.3 is 9.84 Å². The van der Waals surface area contributed by atoms with E-state index in [-0.39, 0.29) is 10.8 Å². The average Bonchev–Trinajstić information content (AvgIpc) is 2.83. The number of hydrogen-bond donors (Lipinski definition) is 1. The normalized spacial score (nSPS) is 10.3. The maximum atomic E-state index is 11.0. The molecule has 0 aliphatic carbocycles. The van der Waals surface area contributed by atoms with Gasteiger partial charge in [-0.3, -0.25) is 4.98 Å². The number of hydrogen-bond acceptors (Lipinski definition) is 5. The zero-order valence-electron chi connectivity index (χ0n) is 10.0. The number of aromatic carboxylic acids is 1. The van der Waals surface area contributed by atoms with E-state index in [4.69, 9.17) is 9.84 Å². The largest absolute Gasteiger partial charge is 0.480 e. The van der Waals surface area contributed by atoms with E-state index in [0.29, 0.717) is 5.01 Å². The Hall–Kier alpha value is -1.95. The smallest absolute Gasteiger partial charge is 0.351 e. The topological polar surface area (TPSA) is 72.3 Å². The molecular weight excluding hydrogens is 252 g/mol. The van der Waals surface area contributed by atoms with Gasteiger partial charge in [-0.1, -0.05) is 6.92 Å². The minimum atomic E-state index is -1.03. The van der Waals surface area contributed by atoms with Gasteiger partial charge in [-0.05, 0) is 18.6 Å². The van der Waals surface area contributed by atoms with Crippen LogP contribution in [0.25, 0.3) is 10.6 Å². The van der Waals surface area contributed by atoms with Crippen molar-refractivity contribution in [3.05, 3.63) is 28.9 Å². The molecule has 0 aliphatic rings. The first-order valence-corrected chi connectivity index (χ1v) is 6.20. The van der Waals surface area contributed by atoms with Crippen molar-refractivity contribution >= 4 is 17.3 Å². The number of carboxylic acid groups (broad SMARTS) is 1. The number of pyridine rings is 1. The maximum absolute atomic E-state index is 11.0. The number of aromatic nitrogens is 2. The number of ether oxygens (including phenoxy) is 1. The number of thiazole rings is 1. The number of carboxylic acids is 1. The molecular formula is C12H12N2O3S. The van der Waals surface area contributed by atoms with Gasteiger partial charge in [-0.15, -0.1) is 11.3 Å². The molecule has 0 saturated heterocycles. The molecule has 6 heteroatoms. The molecule has 2 aromatic rings. The van der Waals surface area contributed by atoms with E-state index in [9.17, 15) is 4.79 Å². The quantitative estimate of drug-likeness (QED) is 0.918. The molecule has 0 aliphatic heterocycles. The molecule has 0 aromatic carbocycles. The third-order valence-corrected chi connectivity index (χ3v) is 3.48. The zero-order chi connectivity index (χ0) is 13.1. The summed E-state index contributed by atoms with van der Waals surface area (Å²) in [5.74, 6) is -0.877. The Bertz CT molecular complexity index is 580. The second kappa shape index (κ2) is 5.14. The van der Waals surface area contributed by atoms with Crippen LogP contribution in [0.15, 0.2) is 18.3 Å². The molecule has 2 heterocycles. The van der Waals surface area contributed by atoms with Crippen LogP contribution in [0.3, 0.4) is 0 Å². The number of methoxy groups -OCH3 is 1. The van der Waals surface area contributed by atoms with Gasteiger partial charge in [0.25, 0.3) is 0 Å². The molecule has 0 spiro atoms. The highest BCUT2D eigenvalue weighted by Gasteiger charge is 2.19. The fourth-order valence-electron chi connectivity index (χ4n) is 1.51. The Labute approximate surface area is 108 Å². The Morgan fingerprint density at radius 3 is 2.89 bits per heavy atom. The second-order valence-electron chi connectivity index (χ2n) is 3.55. The first-order valence-electron chi connectivity index (χ1n) is 5.39. The molecule has 0 unspecified atom stereocenters. The summed E-state index contributed by atoms with van der Waals surface area (Å²) in [6.07, 6.45) is 2.52. The monoisotopic (exact) mass is 264 g/mol. The third-order valence-electron chi connectivity index (χ3n) is 2.41. The number of carbonyl (C=O) groups is 1. The predicted octanol–water partition coefficient (Wildman–Crippen LogP) is 2.47. The highest BCUT2D eigenvalue weighted by atomic mass is 32.1. The SMILES string of the molecule is CCc1cc(-c2nc(OC)c(C(=O)O)s2)ccn1. The summed E-state index contributed by atoms with van der Waals surface area (Å²) in [4.78, 5) is 19.5. The fourth-order valence-corrected chi connectivity index (χ4v) is 2.38. The van der Waals surface area contributed by atoms with E-state index < -0.39 is 5.97 Å². The molecule has 0 radical (unpaired) electrons. The second-order valence-corrected chi connectivity index (χ2v) is 4.55. The van der Waals surface area contributed by atoms with Gasteiger partial charge in [0.15, 0.2) is 4.88 Å². The highest BCUT2D eigenvalue weighted by molar-refractivity contribution is 7.17. The molecule has 1 N–H and O–H groups in total. The minimum Gasteiger partial charge on any atom is -0.480 e. The van der Waals surface area contributed by atoms with Gasteiger partial charge in [-0.25, -0.2) is 9.78 Å². The lowest BCUT2D eigenvalue weighted by atomic mass is 10.2. The lowest BCUT2D eigenvalue weighted by Gasteiger charge is -1.98. The molecule has 0 saturated carbocycles. The highest BCUT2D eigenvalue weighted by Crippen LogP contribution is 2.32. The number of aryl methyl sites for hydroxylation is 1. The third kappa shape index (κ3) is 2.33. The van der Waals surface area contributed by atoms with Crippen molar-refractivity contribution in [1.82, 2.24) is 9.97 Å². The average molecular weight is 264 g/mol. The Balaban J connectivity index is 2.47. The van der Waals surface area contributed by atoms with Crippen LogP contribution in [-0.2, 0) is 6.42 Å². The minimum absolute atomic E-state index is 0.113. The summed E-state index contributed by atoms with van der Waals surface area (Å²) >= 11 is 1.10. The van der Waals surface area contributed by atoms with E-state index in [1.807, 2.05) is 19.1 Å². The molecule has 2 aromatic heterocycles. The van der Waals surface area contributed by atoms with Crippen molar-refractivity contribution < 1.29 is 14.6 Å². The van der Waals surface area contributed by atoms with Gasteiger partial charge in [0.05, 0.1) is 7.11 Å². The molecule has 0 bridgehead atoms. The summed E-state index contributed by atoms with van der Waals surface area (Å²) in [7, 11) is 1.41. The van der Waals surface area contributed by atoms with Crippen molar-refractivity contribution in [1.29, 1.82) is 0 Å². The molecule has 2 rings (SSSR count). The van der Waals surface area contributed by atoms with E-state index in [2.05, 4.69) is 9.97 Å². The van der Waals surface area contributed by atoms with Gasteiger partial charge in [-0.2, -0.15) is 0 Å². The van der Waals surface area contributed by atoms with Crippen LogP contribution in [0.4, 0.5) is 0 Å². The standard InChI is InChI=1S/C12H12N2O3S/c1-3-8-6-7(4-5-13-8)11-14-10(17-2)9(18-11)12(15)16/h4-6H,3H2,1-2H3,(H,15,16). The summed E-state index contributed by atoms with van der Waals surface area (Å²) in [6.45, 7) is 2.01. The molecule has 0 fully saturated rings. The fraction of sp³-hybridized carbons (Fsp3) is 0.250. The van der Waals surface area contributed by atoms with Crippen molar-refractivity contribution in [2.75, 3.05) is 7.11 Å². The lowest BCUT2D eigenvalue weighted by molar-refractivity contribution is 0.0698. The van der Waals surface area contributed by atoms with Crippen molar-refractivity contribution in [3.8, 4) is 16.5 Å². The maximum Gasteiger partial charge on any atom is 0.351 e. The summed E-state index contributed by atoms with van der Waals surface area (Å²) in [6, 6.07) is 3.72. The Kier molecular flexibility index (Phi) is 3.57. The van der Waals surface area contributed by atoms with Crippen molar-refractivity contribution in [3.63, 3.8) is 0 Å². The van der Waals surface area contributed by atoms with Crippen LogP contribution in [-0.4, -0.2) is 28.2 Å². The van der Waals surface area contributed by atoms with E-state index in [1.165, 1.54) is 7.11 Å². The predicted molar refractivity (Wildman–Crippen MR) is 68.2 cm³/mol. The van der Waals surface area contributed by atoms with Gasteiger partial charge in [0.1, 0.15) is 5.01 Å². The van der Waals surface area contributed by atoms with E-state index in [1.54, 1.807) is 6.20 Å². The number of rotatable bonds is 4. The molecule has 18 heavy (non-hydrogen) atoms. The molecule has 94 valence electrons. The van der Waals surface area contributed by atoms with Gasteiger partial charge in [0.2, 0.25) is 5.88 Å². The van der Waals surface area contributed by atoms with Crippen LogP contribution in [0.2, 0.25) is 0 Å². The first-order chi connectivity index (χ1) is 8.65. The summed E-state index contributed by atoms with van der Waals surface area (Å²) in [5.41, 5.74) is 1.80. The molecule has 0 atom stereocenters. The van der Waals surface area contributed by atoms with Crippen LogP contribution >= 0.6 is 11.3 Å². The van der Waals surface area contributed by atoms with Crippen LogP contribution in [0.1, 0.15) is 22.3 Å². The van der Waals surface area contributed by atoms with Crippen molar-refractivity contribution in [2.24, 2.45) is 0 Å². The van der Waals surface area contributed by atoms with Crippen molar-refractivity contribution in [2.45, 2.75) is 13.3 Å². The molecule has 5 nitrogen and oxygen atoms in total. The Morgan fingerprint density at radius 2 is 2.33 bits per heavy atom. The van der Waals surface area contributed by atoms with Crippen LogP contribution in [0, 0.1) is 0 Å². The summed E-state index contributed by atoms with van der Waals surface area (Å²) < 4.78 is 4.97.